The number of rotatable bonds is 4. The van der Waals surface area contributed by atoms with Crippen molar-refractivity contribution in [2.24, 2.45) is 5.92 Å². The molecule has 3 rings (SSSR count). The Kier molecular flexibility index (Phi) is 5.11. The average molecular weight is 334 g/mol. The lowest BCUT2D eigenvalue weighted by atomic mass is 9.86. The highest BCUT2D eigenvalue weighted by Gasteiger charge is 2.34. The average Bonchev–Trinajstić information content (AvgIpc) is 3.24. The molecule has 1 saturated heterocycles. The highest BCUT2D eigenvalue weighted by Crippen LogP contribution is 2.33. The lowest BCUT2D eigenvalue weighted by molar-refractivity contribution is -0.142. The summed E-state index contributed by atoms with van der Waals surface area (Å²) < 4.78 is 5.84. The van der Waals surface area contributed by atoms with Crippen LogP contribution in [0.15, 0.2) is 16.5 Å². The Labute approximate surface area is 142 Å². The second-order valence-corrected chi connectivity index (χ2v) is 6.85. The number of furan rings is 1. The van der Waals surface area contributed by atoms with E-state index in [2.05, 4.69) is 12.2 Å². The zero-order valence-electron chi connectivity index (χ0n) is 14.2. The number of carboxylic acids is 1. The fourth-order valence-corrected chi connectivity index (χ4v) is 3.81. The summed E-state index contributed by atoms with van der Waals surface area (Å²) in [6, 6.07) is 4.01. The Hall–Kier alpha value is -1.98. The highest BCUT2D eigenvalue weighted by molar-refractivity contribution is 5.75. The summed E-state index contributed by atoms with van der Waals surface area (Å²) in [5, 5.41) is 12.1. The Morgan fingerprint density at radius 3 is 2.62 bits per heavy atom. The van der Waals surface area contributed by atoms with Crippen molar-refractivity contribution in [1.82, 2.24) is 10.2 Å². The van der Waals surface area contributed by atoms with Crippen LogP contribution in [-0.2, 0) is 11.2 Å². The van der Waals surface area contributed by atoms with Crippen molar-refractivity contribution < 1.29 is 19.1 Å². The molecule has 1 aliphatic heterocycles. The van der Waals surface area contributed by atoms with Gasteiger partial charge in [-0.1, -0.05) is 6.92 Å². The summed E-state index contributed by atoms with van der Waals surface area (Å²) >= 11 is 0. The summed E-state index contributed by atoms with van der Waals surface area (Å²) in [5.74, 6) is 0.843. The van der Waals surface area contributed by atoms with Crippen LogP contribution in [0.25, 0.3) is 0 Å². The maximum Gasteiger partial charge on any atom is 0.318 e. The van der Waals surface area contributed by atoms with Crippen LogP contribution in [0.4, 0.5) is 4.79 Å². The molecule has 1 saturated carbocycles. The number of hydrogen-bond acceptors (Lipinski definition) is 3. The van der Waals surface area contributed by atoms with Gasteiger partial charge in [0, 0.05) is 19.0 Å². The molecule has 0 aromatic carbocycles. The van der Waals surface area contributed by atoms with Gasteiger partial charge in [-0.2, -0.15) is 0 Å². The number of carbonyl (C=O) groups excluding carboxylic acids is 1. The van der Waals surface area contributed by atoms with Gasteiger partial charge in [0.2, 0.25) is 0 Å². The molecule has 2 aliphatic rings. The molecule has 1 atom stereocenters. The molecule has 24 heavy (non-hydrogen) atoms. The van der Waals surface area contributed by atoms with Gasteiger partial charge in [-0.05, 0) is 50.7 Å². The van der Waals surface area contributed by atoms with Gasteiger partial charge in [-0.3, -0.25) is 4.79 Å². The topological polar surface area (TPSA) is 82.8 Å². The maximum absolute atomic E-state index is 12.6. The number of amides is 2. The summed E-state index contributed by atoms with van der Waals surface area (Å²) in [4.78, 5) is 25.5. The van der Waals surface area contributed by atoms with Gasteiger partial charge in [-0.15, -0.1) is 0 Å². The van der Waals surface area contributed by atoms with E-state index < -0.39 is 5.97 Å². The number of aryl methyl sites for hydroxylation is 1. The molecule has 2 amide bonds. The molecule has 1 aliphatic carbocycles. The lowest BCUT2D eigenvalue weighted by Gasteiger charge is -2.30. The van der Waals surface area contributed by atoms with Crippen LogP contribution in [0, 0.1) is 5.92 Å². The van der Waals surface area contributed by atoms with E-state index in [4.69, 9.17) is 9.52 Å². The molecule has 1 unspecified atom stereocenters. The van der Waals surface area contributed by atoms with Crippen LogP contribution in [0.2, 0.25) is 0 Å². The fraction of sp³-hybridized carbons (Fsp3) is 0.667. The van der Waals surface area contributed by atoms with Crippen molar-refractivity contribution in [1.29, 1.82) is 0 Å². The highest BCUT2D eigenvalue weighted by atomic mass is 16.4. The Morgan fingerprint density at radius 1 is 1.25 bits per heavy atom. The molecule has 0 radical (unpaired) electrons. The number of carboxylic acid groups (broad SMARTS) is 1. The van der Waals surface area contributed by atoms with Crippen molar-refractivity contribution in [3.05, 3.63) is 23.7 Å². The van der Waals surface area contributed by atoms with Gasteiger partial charge in [0.1, 0.15) is 11.5 Å². The van der Waals surface area contributed by atoms with E-state index in [0.29, 0.717) is 12.8 Å². The molecule has 2 heterocycles. The minimum Gasteiger partial charge on any atom is -0.481 e. The van der Waals surface area contributed by atoms with Crippen molar-refractivity contribution in [2.45, 2.75) is 64.0 Å². The third-order valence-corrected chi connectivity index (χ3v) is 5.28. The Balaban J connectivity index is 1.57. The van der Waals surface area contributed by atoms with Gasteiger partial charge in [-0.25, -0.2) is 4.79 Å². The van der Waals surface area contributed by atoms with Crippen molar-refractivity contribution in [3.8, 4) is 0 Å². The predicted molar refractivity (Wildman–Crippen MR) is 88.7 cm³/mol. The van der Waals surface area contributed by atoms with E-state index in [-0.39, 0.29) is 24.0 Å². The molecular weight excluding hydrogens is 308 g/mol. The van der Waals surface area contributed by atoms with Crippen LogP contribution in [0.5, 0.6) is 0 Å². The summed E-state index contributed by atoms with van der Waals surface area (Å²) in [6.45, 7) is 2.79. The number of aliphatic carboxylic acids is 1. The molecule has 1 aromatic rings. The van der Waals surface area contributed by atoms with Gasteiger partial charge < -0.3 is 19.7 Å². The molecule has 6 heteroatoms. The van der Waals surface area contributed by atoms with E-state index in [1.54, 1.807) is 0 Å². The van der Waals surface area contributed by atoms with Crippen LogP contribution in [-0.4, -0.2) is 34.6 Å². The third-order valence-electron chi connectivity index (χ3n) is 5.28. The van der Waals surface area contributed by atoms with E-state index >= 15 is 0 Å². The normalized spacial score (nSPS) is 27.2. The van der Waals surface area contributed by atoms with E-state index in [1.807, 2.05) is 17.0 Å². The summed E-state index contributed by atoms with van der Waals surface area (Å²) in [6.07, 6.45) is 5.51. The largest absolute Gasteiger partial charge is 0.481 e. The number of nitrogens with one attached hydrogen (secondary N) is 1. The standard InChI is InChI=1S/C18H26N2O4/c1-2-14-9-10-16(24-14)15-4-3-11-20(15)18(23)19-13-7-5-12(6-8-13)17(21)22/h9-10,12-13,15H,2-8,11H2,1H3,(H,19,23)(H,21,22). The van der Waals surface area contributed by atoms with Crippen LogP contribution >= 0.6 is 0 Å². The summed E-state index contributed by atoms with van der Waals surface area (Å²) in [5.41, 5.74) is 0. The molecule has 2 N–H and O–H groups in total. The van der Waals surface area contributed by atoms with Crippen LogP contribution < -0.4 is 5.32 Å². The number of nitrogens with zero attached hydrogens (tertiary/aromatic N) is 1. The zero-order chi connectivity index (χ0) is 17.1. The smallest absolute Gasteiger partial charge is 0.318 e. The quantitative estimate of drug-likeness (QED) is 0.885. The number of urea groups is 1. The maximum atomic E-state index is 12.6. The summed E-state index contributed by atoms with van der Waals surface area (Å²) in [7, 11) is 0. The molecule has 2 fully saturated rings. The predicted octanol–water partition coefficient (Wildman–Crippen LogP) is 3.33. The van der Waals surface area contributed by atoms with Crippen LogP contribution in [0.3, 0.4) is 0 Å². The van der Waals surface area contributed by atoms with Gasteiger partial charge in [0.15, 0.2) is 0 Å². The lowest BCUT2D eigenvalue weighted by Crippen LogP contribution is -2.46. The Morgan fingerprint density at radius 2 is 2.00 bits per heavy atom. The second kappa shape index (κ2) is 7.28. The van der Waals surface area contributed by atoms with E-state index in [9.17, 15) is 9.59 Å². The first kappa shape index (κ1) is 16.9. The van der Waals surface area contributed by atoms with Gasteiger partial charge in [0.25, 0.3) is 0 Å². The molecule has 0 spiro atoms. The Bertz CT molecular complexity index is 590. The van der Waals surface area contributed by atoms with Crippen molar-refractivity contribution in [2.75, 3.05) is 6.54 Å². The molecule has 132 valence electrons. The second-order valence-electron chi connectivity index (χ2n) is 6.85. The first-order valence-electron chi connectivity index (χ1n) is 8.97. The van der Waals surface area contributed by atoms with Crippen molar-refractivity contribution >= 4 is 12.0 Å². The molecule has 1 aromatic heterocycles. The number of carbonyl (C=O) groups is 2. The molecule has 6 nitrogen and oxygen atoms in total. The first-order chi connectivity index (χ1) is 11.6. The number of hydrogen-bond donors (Lipinski definition) is 2. The van der Waals surface area contributed by atoms with E-state index in [1.165, 1.54) is 0 Å². The monoisotopic (exact) mass is 334 g/mol. The van der Waals surface area contributed by atoms with E-state index in [0.717, 1.165) is 50.2 Å². The van der Waals surface area contributed by atoms with Crippen molar-refractivity contribution in [3.63, 3.8) is 0 Å². The molecular formula is C18H26N2O4. The minimum atomic E-state index is -0.719. The fourth-order valence-electron chi connectivity index (χ4n) is 3.81. The van der Waals surface area contributed by atoms with Gasteiger partial charge in [0.05, 0.1) is 12.0 Å². The van der Waals surface area contributed by atoms with Crippen LogP contribution in [0.1, 0.15) is 63.0 Å². The third kappa shape index (κ3) is 3.57. The SMILES string of the molecule is CCc1ccc(C2CCCN2C(=O)NC2CCC(C(=O)O)CC2)o1. The first-order valence-corrected chi connectivity index (χ1v) is 8.97. The molecule has 0 bridgehead atoms. The van der Waals surface area contributed by atoms with Gasteiger partial charge >= 0.3 is 12.0 Å². The zero-order valence-corrected chi connectivity index (χ0v) is 14.2. The number of likely N-dealkylation sites (tertiary alicyclic amines) is 1. The minimum absolute atomic E-state index is 0.0145.